The van der Waals surface area contributed by atoms with Crippen molar-refractivity contribution in [2.75, 3.05) is 0 Å². The molecule has 1 heterocycles. The van der Waals surface area contributed by atoms with Crippen LogP contribution in [0.25, 0.3) is 10.9 Å². The molecular formula is C27H34N2O3. The number of H-pyrrole nitrogens is 1. The number of carbonyl (C=O) groups is 2. The Morgan fingerprint density at radius 2 is 1.69 bits per heavy atom. The van der Waals surface area contributed by atoms with Crippen LogP contribution in [0.2, 0.25) is 0 Å². The van der Waals surface area contributed by atoms with Gasteiger partial charge in [0, 0.05) is 23.5 Å². The van der Waals surface area contributed by atoms with E-state index in [2.05, 4.69) is 30.2 Å². The van der Waals surface area contributed by atoms with Gasteiger partial charge in [0.1, 0.15) is 11.8 Å². The van der Waals surface area contributed by atoms with Crippen molar-refractivity contribution < 1.29 is 14.7 Å². The number of fused-ring (bicyclic) bond motifs is 1. The first-order valence-corrected chi connectivity index (χ1v) is 11.5. The van der Waals surface area contributed by atoms with E-state index < -0.39 is 18.1 Å². The third kappa shape index (κ3) is 6.79. The zero-order valence-electron chi connectivity index (χ0n) is 19.0. The molecule has 0 aliphatic rings. The van der Waals surface area contributed by atoms with Crippen molar-refractivity contribution in [3.63, 3.8) is 0 Å². The summed E-state index contributed by atoms with van der Waals surface area (Å²) in [6.07, 6.45) is 5.78. The van der Waals surface area contributed by atoms with Crippen molar-refractivity contribution in [3.05, 3.63) is 71.9 Å². The molecule has 0 aliphatic carbocycles. The molecule has 5 nitrogen and oxygen atoms in total. The Balaban J connectivity index is 1.58. The number of benzene rings is 2. The molecule has 0 bridgehead atoms. The van der Waals surface area contributed by atoms with Crippen LogP contribution < -0.4 is 5.32 Å². The number of Topliss-reactive ketones (excluding diaryl/α,β-unsaturated/α-hetero) is 1. The fraction of sp³-hybridized carbons (Fsp3) is 0.407. The predicted octanol–water partition coefficient (Wildman–Crippen LogP) is 5.15. The minimum absolute atomic E-state index is 0.101. The molecule has 0 radical (unpaired) electrons. The van der Waals surface area contributed by atoms with Crippen molar-refractivity contribution in [1.82, 2.24) is 10.3 Å². The highest BCUT2D eigenvalue weighted by Crippen LogP contribution is 2.20. The van der Waals surface area contributed by atoms with Crippen LogP contribution >= 0.6 is 0 Å². The fourth-order valence-corrected chi connectivity index (χ4v) is 4.21. The van der Waals surface area contributed by atoms with Gasteiger partial charge in [-0.1, -0.05) is 62.4 Å². The van der Waals surface area contributed by atoms with E-state index in [1.54, 1.807) is 0 Å². The largest absolute Gasteiger partial charge is 0.480 e. The van der Waals surface area contributed by atoms with Crippen LogP contribution in [0, 0.1) is 5.92 Å². The van der Waals surface area contributed by atoms with Crippen LogP contribution in [0.1, 0.15) is 50.7 Å². The zero-order chi connectivity index (χ0) is 22.9. The standard InChI is InChI=1S/C27H34N2O3/c1-19(2)17-25(29-24(27(31)32)16-15-20-9-4-3-5-10-20)26(30)14-8-11-21-18-28-23-13-7-6-12-22(21)23/h3-7,9-10,12-13,18-19,24-25,28-29H,8,11,14-17H2,1-2H3,(H,31,32)/t24-,25+/m1/s1. The van der Waals surface area contributed by atoms with Gasteiger partial charge in [0.2, 0.25) is 0 Å². The topological polar surface area (TPSA) is 82.2 Å². The maximum atomic E-state index is 13.0. The van der Waals surface area contributed by atoms with E-state index in [0.717, 1.165) is 23.9 Å². The fourth-order valence-electron chi connectivity index (χ4n) is 4.21. The van der Waals surface area contributed by atoms with Crippen molar-refractivity contribution in [1.29, 1.82) is 0 Å². The van der Waals surface area contributed by atoms with Crippen molar-refractivity contribution in [2.24, 2.45) is 5.92 Å². The number of hydrogen-bond acceptors (Lipinski definition) is 3. The molecule has 0 fully saturated rings. The molecule has 0 amide bonds. The van der Waals surface area contributed by atoms with Gasteiger partial charge in [-0.3, -0.25) is 14.9 Å². The van der Waals surface area contributed by atoms with E-state index in [1.807, 2.05) is 54.7 Å². The lowest BCUT2D eigenvalue weighted by Gasteiger charge is -2.24. The highest BCUT2D eigenvalue weighted by molar-refractivity contribution is 5.85. The minimum atomic E-state index is -0.902. The van der Waals surface area contributed by atoms with Gasteiger partial charge in [-0.25, -0.2) is 0 Å². The van der Waals surface area contributed by atoms with E-state index in [0.29, 0.717) is 31.6 Å². The lowest BCUT2D eigenvalue weighted by atomic mass is 9.94. The molecule has 1 aromatic heterocycles. The van der Waals surface area contributed by atoms with Crippen molar-refractivity contribution in [2.45, 2.75) is 64.5 Å². The van der Waals surface area contributed by atoms with Crippen LogP contribution in [0.15, 0.2) is 60.8 Å². The first kappa shape index (κ1) is 23.7. The molecule has 170 valence electrons. The number of carboxylic acids is 1. The molecule has 0 saturated carbocycles. The molecule has 0 spiro atoms. The number of aromatic nitrogens is 1. The Kier molecular flexibility index (Phi) is 8.63. The van der Waals surface area contributed by atoms with Crippen LogP contribution in [-0.2, 0) is 22.4 Å². The van der Waals surface area contributed by atoms with E-state index >= 15 is 0 Å². The summed E-state index contributed by atoms with van der Waals surface area (Å²) in [5.74, 6) is -0.501. The van der Waals surface area contributed by atoms with E-state index in [-0.39, 0.29) is 5.78 Å². The number of para-hydroxylation sites is 1. The van der Waals surface area contributed by atoms with E-state index in [1.165, 1.54) is 10.9 Å². The summed E-state index contributed by atoms with van der Waals surface area (Å²) in [6, 6.07) is 16.9. The summed E-state index contributed by atoms with van der Waals surface area (Å²) in [5, 5.41) is 14.1. The zero-order valence-corrected chi connectivity index (χ0v) is 19.0. The van der Waals surface area contributed by atoms with Crippen molar-refractivity contribution >= 4 is 22.7 Å². The molecule has 0 aliphatic heterocycles. The Hall–Kier alpha value is -2.92. The number of carboxylic acid groups (broad SMARTS) is 1. The van der Waals surface area contributed by atoms with Crippen LogP contribution in [0.3, 0.4) is 0 Å². The lowest BCUT2D eigenvalue weighted by Crippen LogP contribution is -2.48. The third-order valence-corrected chi connectivity index (χ3v) is 5.90. The molecule has 3 N–H and O–H groups in total. The first-order chi connectivity index (χ1) is 15.4. The Morgan fingerprint density at radius 1 is 0.969 bits per heavy atom. The number of aliphatic carboxylic acids is 1. The highest BCUT2D eigenvalue weighted by Gasteiger charge is 2.26. The molecule has 0 unspecified atom stereocenters. The summed E-state index contributed by atoms with van der Waals surface area (Å²) in [5.41, 5.74) is 3.43. The van der Waals surface area contributed by atoms with Gasteiger partial charge < -0.3 is 10.1 Å². The number of rotatable bonds is 13. The molecule has 2 atom stereocenters. The van der Waals surface area contributed by atoms with E-state index in [4.69, 9.17) is 0 Å². The van der Waals surface area contributed by atoms with Gasteiger partial charge in [0.25, 0.3) is 0 Å². The monoisotopic (exact) mass is 434 g/mol. The second kappa shape index (κ2) is 11.6. The normalized spacial score (nSPS) is 13.3. The number of hydrogen-bond donors (Lipinski definition) is 3. The second-order valence-corrected chi connectivity index (χ2v) is 8.94. The third-order valence-electron chi connectivity index (χ3n) is 5.90. The number of aryl methyl sites for hydroxylation is 2. The van der Waals surface area contributed by atoms with Crippen LogP contribution in [0.4, 0.5) is 0 Å². The molecule has 3 aromatic rings. The maximum Gasteiger partial charge on any atom is 0.320 e. The molecule has 0 saturated heterocycles. The predicted molar refractivity (Wildman–Crippen MR) is 129 cm³/mol. The second-order valence-electron chi connectivity index (χ2n) is 8.94. The summed E-state index contributed by atoms with van der Waals surface area (Å²) < 4.78 is 0. The molecule has 32 heavy (non-hydrogen) atoms. The summed E-state index contributed by atoms with van der Waals surface area (Å²) in [7, 11) is 0. The number of carbonyl (C=O) groups excluding carboxylic acids is 1. The Bertz CT molecular complexity index is 1010. The highest BCUT2D eigenvalue weighted by atomic mass is 16.4. The molecule has 2 aromatic carbocycles. The van der Waals surface area contributed by atoms with Gasteiger partial charge in [0.15, 0.2) is 0 Å². The van der Waals surface area contributed by atoms with Crippen molar-refractivity contribution in [3.8, 4) is 0 Å². The number of aromatic amines is 1. The quantitative estimate of drug-likeness (QED) is 0.347. The summed E-state index contributed by atoms with van der Waals surface area (Å²) >= 11 is 0. The van der Waals surface area contributed by atoms with Gasteiger partial charge in [0.05, 0.1) is 6.04 Å². The van der Waals surface area contributed by atoms with Gasteiger partial charge in [-0.2, -0.15) is 0 Å². The van der Waals surface area contributed by atoms with Crippen LogP contribution in [-0.4, -0.2) is 33.9 Å². The Morgan fingerprint density at radius 3 is 2.41 bits per heavy atom. The maximum absolute atomic E-state index is 13.0. The average Bonchev–Trinajstić information content (AvgIpc) is 3.19. The summed E-state index contributed by atoms with van der Waals surface area (Å²) in [6.45, 7) is 4.13. The van der Waals surface area contributed by atoms with Gasteiger partial charge in [-0.05, 0) is 55.2 Å². The molecule has 5 heteroatoms. The molecular weight excluding hydrogens is 400 g/mol. The van der Waals surface area contributed by atoms with Gasteiger partial charge >= 0.3 is 5.97 Å². The smallest absolute Gasteiger partial charge is 0.320 e. The number of nitrogens with one attached hydrogen (secondary N) is 2. The first-order valence-electron chi connectivity index (χ1n) is 11.5. The minimum Gasteiger partial charge on any atom is -0.480 e. The molecule has 3 rings (SSSR count). The SMILES string of the molecule is CC(C)C[C@H](N[C@H](CCc1ccccc1)C(=O)O)C(=O)CCCc1c[nH]c2ccccc12. The Labute approximate surface area is 190 Å². The van der Waals surface area contributed by atoms with Gasteiger partial charge in [-0.15, -0.1) is 0 Å². The number of ketones is 1. The lowest BCUT2D eigenvalue weighted by molar-refractivity contribution is -0.140. The van der Waals surface area contributed by atoms with E-state index in [9.17, 15) is 14.7 Å². The average molecular weight is 435 g/mol. The van der Waals surface area contributed by atoms with Crippen LogP contribution in [0.5, 0.6) is 0 Å². The summed E-state index contributed by atoms with van der Waals surface area (Å²) in [4.78, 5) is 28.2.